The van der Waals surface area contributed by atoms with Gasteiger partial charge in [-0.05, 0) is 36.3 Å². The van der Waals surface area contributed by atoms with Crippen molar-refractivity contribution in [3.63, 3.8) is 0 Å². The summed E-state index contributed by atoms with van der Waals surface area (Å²) >= 11 is 0. The normalized spacial score (nSPS) is 23.9. The minimum Gasteiger partial charge on any atom is -0.494 e. The van der Waals surface area contributed by atoms with Crippen molar-refractivity contribution in [1.29, 1.82) is 0 Å². The number of allylic oxidation sites excluding steroid dienone is 3. The van der Waals surface area contributed by atoms with Crippen LogP contribution in [-0.2, 0) is 20.7 Å². The third-order valence-corrected chi connectivity index (χ3v) is 6.20. The van der Waals surface area contributed by atoms with E-state index in [0.717, 1.165) is 0 Å². The molecule has 0 spiro atoms. The van der Waals surface area contributed by atoms with E-state index in [1.165, 1.54) is 20.3 Å². The number of carbonyl (C=O) groups is 1. The number of ketones is 1. The Kier molecular flexibility index (Phi) is 7.47. The van der Waals surface area contributed by atoms with Crippen LogP contribution in [0.15, 0.2) is 36.6 Å². The number of anilines is 1. The maximum Gasteiger partial charge on any atom is 0.188 e. The molecule has 0 amide bonds. The van der Waals surface area contributed by atoms with E-state index >= 15 is 0 Å². The van der Waals surface area contributed by atoms with Crippen LogP contribution in [-0.4, -0.2) is 26.8 Å². The summed E-state index contributed by atoms with van der Waals surface area (Å²) in [5.74, 6) is 0.359. The molecule has 1 aromatic rings. The zero-order valence-electron chi connectivity index (χ0n) is 18.0. The molecule has 0 heterocycles. The van der Waals surface area contributed by atoms with Gasteiger partial charge in [0.05, 0.1) is 12.8 Å². The Hall–Kier alpha value is -2.34. The van der Waals surface area contributed by atoms with Gasteiger partial charge in [-0.15, -0.1) is 6.58 Å². The molecular formula is C23H32FNO4. The molecule has 0 aromatic heterocycles. The van der Waals surface area contributed by atoms with Gasteiger partial charge in [-0.2, -0.15) is 0 Å². The van der Waals surface area contributed by atoms with Gasteiger partial charge in [0.1, 0.15) is 17.3 Å². The highest BCUT2D eigenvalue weighted by atomic mass is 19.1. The van der Waals surface area contributed by atoms with Gasteiger partial charge in [-0.3, -0.25) is 4.79 Å². The highest BCUT2D eigenvalue weighted by Gasteiger charge is 2.45. The van der Waals surface area contributed by atoms with E-state index in [1.807, 2.05) is 13.8 Å². The molecule has 2 N–H and O–H groups in total. The van der Waals surface area contributed by atoms with E-state index < -0.39 is 5.41 Å². The number of halogens is 1. The summed E-state index contributed by atoms with van der Waals surface area (Å²) in [6.45, 7) is 9.96. The molecule has 0 saturated carbocycles. The molecule has 1 aliphatic carbocycles. The van der Waals surface area contributed by atoms with Crippen molar-refractivity contribution in [1.82, 2.24) is 0 Å². The van der Waals surface area contributed by atoms with Gasteiger partial charge in [-0.25, -0.2) is 4.39 Å². The largest absolute Gasteiger partial charge is 0.494 e. The van der Waals surface area contributed by atoms with E-state index in [9.17, 15) is 9.18 Å². The molecule has 0 bridgehead atoms. The number of nitrogen functional groups attached to an aromatic ring is 1. The topological polar surface area (TPSA) is 70.8 Å². The van der Waals surface area contributed by atoms with Gasteiger partial charge in [0.2, 0.25) is 0 Å². The molecule has 2 rings (SSSR count). The quantitative estimate of drug-likeness (QED) is 0.372. The summed E-state index contributed by atoms with van der Waals surface area (Å²) in [5, 5.41) is 0. The first-order chi connectivity index (χ1) is 13.7. The predicted molar refractivity (Wildman–Crippen MR) is 112 cm³/mol. The molecule has 6 heteroatoms. The molecule has 0 fully saturated rings. The fourth-order valence-corrected chi connectivity index (χ4v) is 3.95. The number of rotatable bonds is 9. The second kappa shape index (κ2) is 9.44. The predicted octanol–water partition coefficient (Wildman–Crippen LogP) is 4.52. The minimum atomic E-state index is -0.477. The van der Waals surface area contributed by atoms with Crippen molar-refractivity contribution < 1.29 is 23.4 Å². The van der Waals surface area contributed by atoms with Gasteiger partial charge in [0.15, 0.2) is 12.6 Å². The smallest absolute Gasteiger partial charge is 0.188 e. The van der Waals surface area contributed by atoms with Crippen molar-refractivity contribution >= 4 is 11.5 Å². The highest BCUT2D eigenvalue weighted by molar-refractivity contribution is 5.93. The summed E-state index contributed by atoms with van der Waals surface area (Å²) in [6, 6.07) is 2.93. The lowest BCUT2D eigenvalue weighted by Gasteiger charge is -2.43. The van der Waals surface area contributed by atoms with Crippen molar-refractivity contribution in [3.05, 3.63) is 48.0 Å². The van der Waals surface area contributed by atoms with Crippen molar-refractivity contribution in [2.75, 3.05) is 26.7 Å². The number of nitrogens with two attached hydrogens (primary N) is 1. The van der Waals surface area contributed by atoms with Crippen LogP contribution in [0.3, 0.4) is 0 Å². The van der Waals surface area contributed by atoms with Crippen LogP contribution in [0.25, 0.3) is 0 Å². The van der Waals surface area contributed by atoms with Gasteiger partial charge in [0, 0.05) is 30.6 Å². The molecular weight excluding hydrogens is 373 g/mol. The second-order valence-corrected chi connectivity index (χ2v) is 8.08. The lowest BCUT2D eigenvalue weighted by atomic mass is 9.63. The summed E-state index contributed by atoms with van der Waals surface area (Å²) in [4.78, 5) is 12.7. The van der Waals surface area contributed by atoms with Gasteiger partial charge in [0.25, 0.3) is 0 Å². The van der Waals surface area contributed by atoms with Crippen LogP contribution in [0.1, 0.15) is 32.8 Å². The SMILES string of the molecule is C=CC(C)C1C[C@@](C)(C(C)Cc2cc(N)c(OC)cc2F)C(OCOC)=CC1=O. The summed E-state index contributed by atoms with van der Waals surface area (Å²) in [5.41, 5.74) is 6.40. The average molecular weight is 406 g/mol. The van der Waals surface area contributed by atoms with E-state index in [1.54, 1.807) is 18.2 Å². The Morgan fingerprint density at radius 1 is 1.38 bits per heavy atom. The van der Waals surface area contributed by atoms with Crippen LogP contribution in [0.2, 0.25) is 0 Å². The minimum absolute atomic E-state index is 0.0213. The number of ether oxygens (including phenoxy) is 3. The fourth-order valence-electron chi connectivity index (χ4n) is 3.95. The molecule has 3 unspecified atom stereocenters. The lowest BCUT2D eigenvalue weighted by Crippen LogP contribution is -2.40. The molecule has 4 atom stereocenters. The van der Waals surface area contributed by atoms with Crippen molar-refractivity contribution in [2.45, 2.75) is 33.6 Å². The van der Waals surface area contributed by atoms with Crippen LogP contribution in [0, 0.1) is 29.0 Å². The van der Waals surface area contributed by atoms with Crippen molar-refractivity contribution in [3.8, 4) is 5.75 Å². The maximum atomic E-state index is 14.6. The van der Waals surface area contributed by atoms with Gasteiger partial charge >= 0.3 is 0 Å². The first-order valence-electron chi connectivity index (χ1n) is 9.80. The lowest BCUT2D eigenvalue weighted by molar-refractivity contribution is -0.123. The molecule has 0 aliphatic heterocycles. The van der Waals surface area contributed by atoms with E-state index in [4.69, 9.17) is 19.9 Å². The van der Waals surface area contributed by atoms with Crippen molar-refractivity contribution in [2.24, 2.45) is 23.2 Å². The average Bonchev–Trinajstić information content (AvgIpc) is 2.70. The monoisotopic (exact) mass is 405 g/mol. The molecule has 0 saturated heterocycles. The van der Waals surface area contributed by atoms with Gasteiger partial charge in [-0.1, -0.05) is 26.8 Å². The van der Waals surface area contributed by atoms with Crippen LogP contribution in [0.4, 0.5) is 10.1 Å². The Bertz CT molecular complexity index is 791. The number of hydrogen-bond acceptors (Lipinski definition) is 5. The molecule has 160 valence electrons. The van der Waals surface area contributed by atoms with Crippen LogP contribution >= 0.6 is 0 Å². The summed E-state index contributed by atoms with van der Waals surface area (Å²) < 4.78 is 30.5. The van der Waals surface area contributed by atoms with E-state index in [0.29, 0.717) is 35.6 Å². The third-order valence-electron chi connectivity index (χ3n) is 6.20. The Morgan fingerprint density at radius 3 is 2.66 bits per heavy atom. The first kappa shape index (κ1) is 22.9. The number of benzene rings is 1. The summed E-state index contributed by atoms with van der Waals surface area (Å²) in [7, 11) is 2.99. The fraction of sp³-hybridized carbons (Fsp3) is 0.522. The number of hydrogen-bond donors (Lipinski definition) is 1. The standard InChI is InChI=1S/C23H32FNO4/c1-7-14(2)17-12-23(4,22(11-20(17)26)29-13-27-5)15(3)8-16-9-19(25)21(28-6)10-18(16)24/h7,9-11,14-15,17H,1,8,12-13,25H2,2-6H3/t14?,15?,17?,23-/m0/s1. The second-order valence-electron chi connectivity index (χ2n) is 8.08. The zero-order chi connectivity index (χ0) is 21.8. The molecule has 0 radical (unpaired) electrons. The zero-order valence-corrected chi connectivity index (χ0v) is 18.0. The Balaban J connectivity index is 2.38. The maximum absolute atomic E-state index is 14.6. The Labute approximate surface area is 172 Å². The van der Waals surface area contributed by atoms with E-state index in [-0.39, 0.29) is 36.1 Å². The molecule has 1 aromatic carbocycles. The van der Waals surface area contributed by atoms with Crippen LogP contribution < -0.4 is 10.5 Å². The first-order valence-corrected chi connectivity index (χ1v) is 9.80. The number of carbonyl (C=O) groups excluding carboxylic acids is 1. The highest BCUT2D eigenvalue weighted by Crippen LogP contribution is 2.48. The Morgan fingerprint density at radius 2 is 2.07 bits per heavy atom. The molecule has 29 heavy (non-hydrogen) atoms. The summed E-state index contributed by atoms with van der Waals surface area (Å²) in [6.07, 6.45) is 4.39. The van der Waals surface area contributed by atoms with E-state index in [2.05, 4.69) is 13.5 Å². The van der Waals surface area contributed by atoms with Gasteiger partial charge < -0.3 is 19.9 Å². The number of methoxy groups -OCH3 is 2. The molecule has 1 aliphatic rings. The third kappa shape index (κ3) is 4.81. The van der Waals surface area contributed by atoms with Crippen LogP contribution in [0.5, 0.6) is 5.75 Å². The molecule has 5 nitrogen and oxygen atoms in total.